The van der Waals surface area contributed by atoms with E-state index in [0.717, 1.165) is 17.4 Å². The van der Waals surface area contributed by atoms with Crippen LogP contribution in [0.4, 0.5) is 5.69 Å². The Morgan fingerprint density at radius 2 is 1.92 bits per heavy atom. The lowest BCUT2D eigenvalue weighted by Crippen LogP contribution is -2.15. The number of esters is 1. The molecule has 1 heterocycles. The fourth-order valence-corrected chi connectivity index (χ4v) is 2.55. The number of anilines is 1. The van der Waals surface area contributed by atoms with Crippen LogP contribution in [0.2, 0.25) is 0 Å². The molecule has 2 aromatic carbocycles. The fraction of sp³-hybridized carbons (Fsp3) is 0.250. The number of nitrogens with one attached hydrogen (secondary N) is 1. The number of nitrogens with zero attached hydrogens (tertiary/aromatic N) is 1. The van der Waals surface area contributed by atoms with Crippen molar-refractivity contribution < 1.29 is 18.8 Å². The first kappa shape index (κ1) is 17.7. The van der Waals surface area contributed by atoms with Crippen LogP contribution in [-0.4, -0.2) is 23.6 Å². The SMILES string of the molecule is CCCOC(=O)c1ccc(NC(=O)Cc2noc3ccc(C)cc23)cc1. The van der Waals surface area contributed by atoms with E-state index in [-0.39, 0.29) is 18.3 Å². The Morgan fingerprint density at radius 3 is 2.65 bits per heavy atom. The summed E-state index contributed by atoms with van der Waals surface area (Å²) in [5.41, 5.74) is 3.39. The van der Waals surface area contributed by atoms with Gasteiger partial charge in [0.25, 0.3) is 0 Å². The molecule has 1 N–H and O–H groups in total. The molecule has 0 saturated heterocycles. The summed E-state index contributed by atoms with van der Waals surface area (Å²) in [6, 6.07) is 12.3. The van der Waals surface area contributed by atoms with Gasteiger partial charge in [-0.15, -0.1) is 0 Å². The van der Waals surface area contributed by atoms with Crippen LogP contribution >= 0.6 is 0 Å². The third-order valence-electron chi connectivity index (χ3n) is 3.87. The zero-order valence-electron chi connectivity index (χ0n) is 14.7. The van der Waals surface area contributed by atoms with Gasteiger partial charge in [0.1, 0.15) is 5.69 Å². The molecule has 0 spiro atoms. The molecular weight excluding hydrogens is 332 g/mol. The van der Waals surface area contributed by atoms with Gasteiger partial charge < -0.3 is 14.6 Å². The Balaban J connectivity index is 1.64. The summed E-state index contributed by atoms with van der Waals surface area (Å²) in [6.07, 6.45) is 0.882. The molecule has 0 bridgehead atoms. The van der Waals surface area contributed by atoms with Crippen molar-refractivity contribution in [2.45, 2.75) is 26.7 Å². The molecule has 6 nitrogen and oxygen atoms in total. The van der Waals surface area contributed by atoms with Crippen molar-refractivity contribution in [3.8, 4) is 0 Å². The summed E-state index contributed by atoms with van der Waals surface area (Å²) in [6.45, 7) is 4.30. The summed E-state index contributed by atoms with van der Waals surface area (Å²) >= 11 is 0. The van der Waals surface area contributed by atoms with Gasteiger partial charge in [-0.2, -0.15) is 0 Å². The number of benzene rings is 2. The van der Waals surface area contributed by atoms with Crippen molar-refractivity contribution in [2.75, 3.05) is 11.9 Å². The fourth-order valence-electron chi connectivity index (χ4n) is 2.55. The normalized spacial score (nSPS) is 10.7. The quantitative estimate of drug-likeness (QED) is 0.681. The predicted octanol–water partition coefficient (Wildman–Crippen LogP) is 3.88. The van der Waals surface area contributed by atoms with Gasteiger partial charge >= 0.3 is 5.97 Å². The highest BCUT2D eigenvalue weighted by Crippen LogP contribution is 2.20. The van der Waals surface area contributed by atoms with Crippen molar-refractivity contribution in [2.24, 2.45) is 0 Å². The van der Waals surface area contributed by atoms with Gasteiger partial charge in [-0.25, -0.2) is 4.79 Å². The van der Waals surface area contributed by atoms with Crippen molar-refractivity contribution in [3.63, 3.8) is 0 Å². The average molecular weight is 352 g/mol. The molecule has 0 aliphatic rings. The maximum atomic E-state index is 12.3. The van der Waals surface area contributed by atoms with E-state index in [1.165, 1.54) is 0 Å². The van der Waals surface area contributed by atoms with E-state index in [2.05, 4.69) is 10.5 Å². The molecule has 0 unspecified atom stereocenters. The van der Waals surface area contributed by atoms with E-state index in [0.29, 0.717) is 29.1 Å². The number of carbonyl (C=O) groups excluding carboxylic acids is 2. The van der Waals surface area contributed by atoms with Crippen LogP contribution in [-0.2, 0) is 16.0 Å². The summed E-state index contributed by atoms with van der Waals surface area (Å²) in [4.78, 5) is 24.1. The summed E-state index contributed by atoms with van der Waals surface area (Å²) in [7, 11) is 0. The molecule has 134 valence electrons. The standard InChI is InChI=1S/C20H20N2O4/c1-3-10-25-20(24)14-5-7-15(8-6-14)21-19(23)12-17-16-11-13(2)4-9-18(16)26-22-17/h4-9,11H,3,10,12H2,1-2H3,(H,21,23). The van der Waals surface area contributed by atoms with E-state index < -0.39 is 0 Å². The predicted molar refractivity (Wildman–Crippen MR) is 98.1 cm³/mol. The lowest BCUT2D eigenvalue weighted by molar-refractivity contribution is -0.115. The summed E-state index contributed by atoms with van der Waals surface area (Å²) in [5.74, 6) is -0.572. The van der Waals surface area contributed by atoms with Crippen molar-refractivity contribution in [1.29, 1.82) is 0 Å². The van der Waals surface area contributed by atoms with Crippen molar-refractivity contribution in [1.82, 2.24) is 5.16 Å². The van der Waals surface area contributed by atoms with E-state index in [4.69, 9.17) is 9.26 Å². The van der Waals surface area contributed by atoms with Crippen LogP contribution in [0, 0.1) is 6.92 Å². The second-order valence-corrected chi connectivity index (χ2v) is 6.07. The minimum atomic E-state index is -0.367. The maximum absolute atomic E-state index is 12.3. The Kier molecular flexibility index (Phi) is 5.31. The van der Waals surface area contributed by atoms with Gasteiger partial charge in [0, 0.05) is 11.1 Å². The number of amides is 1. The first-order chi connectivity index (χ1) is 12.6. The number of fused-ring (bicyclic) bond motifs is 1. The van der Waals surface area contributed by atoms with Crippen LogP contribution in [0.1, 0.15) is 35.0 Å². The molecule has 26 heavy (non-hydrogen) atoms. The smallest absolute Gasteiger partial charge is 0.338 e. The van der Waals surface area contributed by atoms with Crippen molar-refractivity contribution in [3.05, 3.63) is 59.3 Å². The minimum Gasteiger partial charge on any atom is -0.462 e. The van der Waals surface area contributed by atoms with Crippen LogP contribution < -0.4 is 5.32 Å². The molecule has 0 atom stereocenters. The average Bonchev–Trinajstić information content (AvgIpc) is 3.02. The van der Waals surface area contributed by atoms with Crippen LogP contribution in [0.15, 0.2) is 47.0 Å². The minimum absolute atomic E-state index is 0.108. The van der Waals surface area contributed by atoms with Gasteiger partial charge in [0.2, 0.25) is 5.91 Å². The number of aromatic nitrogens is 1. The number of carbonyl (C=O) groups is 2. The Hall–Kier alpha value is -3.15. The van der Waals surface area contributed by atoms with Gasteiger partial charge in [-0.05, 0) is 49.7 Å². The van der Waals surface area contributed by atoms with E-state index >= 15 is 0 Å². The molecular formula is C20H20N2O4. The molecule has 0 saturated carbocycles. The van der Waals surface area contributed by atoms with Gasteiger partial charge in [-0.3, -0.25) is 4.79 Å². The highest BCUT2D eigenvalue weighted by atomic mass is 16.5. The molecule has 0 radical (unpaired) electrons. The maximum Gasteiger partial charge on any atom is 0.338 e. The van der Waals surface area contributed by atoms with Crippen LogP contribution in [0.3, 0.4) is 0 Å². The highest BCUT2D eigenvalue weighted by molar-refractivity contribution is 5.95. The number of rotatable bonds is 6. The Labute approximate surface area is 151 Å². The van der Waals surface area contributed by atoms with Crippen LogP contribution in [0.25, 0.3) is 11.0 Å². The second-order valence-electron chi connectivity index (χ2n) is 6.07. The molecule has 6 heteroatoms. The third kappa shape index (κ3) is 4.08. The lowest BCUT2D eigenvalue weighted by Gasteiger charge is -2.06. The van der Waals surface area contributed by atoms with E-state index in [1.807, 2.05) is 32.0 Å². The molecule has 3 aromatic rings. The van der Waals surface area contributed by atoms with Gasteiger partial charge in [0.15, 0.2) is 5.58 Å². The molecule has 1 aromatic heterocycles. The van der Waals surface area contributed by atoms with E-state index in [1.54, 1.807) is 24.3 Å². The number of ether oxygens (including phenoxy) is 1. The number of hydrogen-bond acceptors (Lipinski definition) is 5. The molecule has 0 aliphatic heterocycles. The van der Waals surface area contributed by atoms with Crippen molar-refractivity contribution >= 4 is 28.5 Å². The number of hydrogen-bond donors (Lipinski definition) is 1. The zero-order valence-corrected chi connectivity index (χ0v) is 14.7. The number of aryl methyl sites for hydroxylation is 1. The topological polar surface area (TPSA) is 81.4 Å². The monoisotopic (exact) mass is 352 g/mol. The summed E-state index contributed by atoms with van der Waals surface area (Å²) in [5, 5.41) is 7.62. The molecule has 0 fully saturated rings. The molecule has 3 rings (SSSR count). The first-order valence-corrected chi connectivity index (χ1v) is 8.48. The van der Waals surface area contributed by atoms with Gasteiger partial charge in [0.05, 0.1) is 18.6 Å². The Morgan fingerprint density at radius 1 is 1.15 bits per heavy atom. The molecule has 1 amide bonds. The third-order valence-corrected chi connectivity index (χ3v) is 3.87. The largest absolute Gasteiger partial charge is 0.462 e. The Bertz CT molecular complexity index is 929. The van der Waals surface area contributed by atoms with E-state index in [9.17, 15) is 9.59 Å². The lowest BCUT2D eigenvalue weighted by atomic mass is 10.1. The van der Waals surface area contributed by atoms with Gasteiger partial charge in [-0.1, -0.05) is 23.7 Å². The molecule has 0 aliphatic carbocycles. The zero-order chi connectivity index (χ0) is 18.5. The second kappa shape index (κ2) is 7.82. The van der Waals surface area contributed by atoms with Crippen LogP contribution in [0.5, 0.6) is 0 Å². The summed E-state index contributed by atoms with van der Waals surface area (Å²) < 4.78 is 10.3. The first-order valence-electron chi connectivity index (χ1n) is 8.48. The highest BCUT2D eigenvalue weighted by Gasteiger charge is 2.13.